The maximum absolute atomic E-state index is 12.8. The van der Waals surface area contributed by atoms with Crippen LogP contribution in [0.15, 0.2) is 36.4 Å². The van der Waals surface area contributed by atoms with Gasteiger partial charge in [-0.05, 0) is 64.4 Å². The van der Waals surface area contributed by atoms with Crippen LogP contribution in [0.3, 0.4) is 0 Å². The first kappa shape index (κ1) is 19.6. The minimum absolute atomic E-state index is 0.117. The number of rotatable bonds is 4. The van der Waals surface area contributed by atoms with E-state index in [1.807, 2.05) is 45.9 Å². The Morgan fingerprint density at radius 3 is 2.70 bits per heavy atom. The Bertz CT molecular complexity index is 863. The molecule has 0 unspecified atom stereocenters. The van der Waals surface area contributed by atoms with Crippen LogP contribution in [0.5, 0.6) is 11.5 Å². The summed E-state index contributed by atoms with van der Waals surface area (Å²) in [6.07, 6.45) is 0.0758. The second kappa shape index (κ2) is 7.43. The second-order valence-electron chi connectivity index (χ2n) is 7.84. The zero-order valence-corrected chi connectivity index (χ0v) is 17.2. The van der Waals surface area contributed by atoms with Gasteiger partial charge in [0.05, 0.1) is 6.04 Å². The molecule has 0 aliphatic carbocycles. The highest BCUT2D eigenvalue weighted by molar-refractivity contribution is 6.31. The molecular weight excluding hydrogens is 362 g/mol. The van der Waals surface area contributed by atoms with Gasteiger partial charge in [0.25, 0.3) is 5.91 Å². The summed E-state index contributed by atoms with van der Waals surface area (Å²) in [6.45, 7) is 9.76. The van der Waals surface area contributed by atoms with Crippen LogP contribution in [0.4, 0.5) is 0 Å². The number of amides is 1. The molecule has 0 saturated heterocycles. The van der Waals surface area contributed by atoms with E-state index in [-0.39, 0.29) is 17.6 Å². The normalized spacial score (nSPS) is 18.8. The van der Waals surface area contributed by atoms with E-state index in [0.29, 0.717) is 17.2 Å². The minimum Gasteiger partial charge on any atom is -0.487 e. The molecule has 144 valence electrons. The predicted octanol–water partition coefficient (Wildman–Crippen LogP) is 5.14. The molecule has 0 aromatic heterocycles. The van der Waals surface area contributed by atoms with E-state index in [2.05, 4.69) is 11.4 Å². The number of benzene rings is 2. The molecule has 1 heterocycles. The molecule has 5 heteroatoms. The van der Waals surface area contributed by atoms with E-state index in [4.69, 9.17) is 21.1 Å². The van der Waals surface area contributed by atoms with Crippen molar-refractivity contribution in [1.82, 2.24) is 5.32 Å². The third-order valence-corrected chi connectivity index (χ3v) is 5.17. The smallest absolute Gasteiger partial charge is 0.261 e. The Hall–Kier alpha value is -2.20. The molecule has 0 radical (unpaired) electrons. The topological polar surface area (TPSA) is 47.6 Å². The van der Waals surface area contributed by atoms with Crippen LogP contribution < -0.4 is 14.8 Å². The molecule has 1 N–H and O–H groups in total. The molecule has 0 saturated carbocycles. The minimum atomic E-state index is -0.621. The fourth-order valence-corrected chi connectivity index (χ4v) is 3.46. The largest absolute Gasteiger partial charge is 0.487 e. The average Bonchev–Trinajstić information content (AvgIpc) is 2.58. The van der Waals surface area contributed by atoms with E-state index in [0.717, 1.165) is 22.4 Å². The highest BCUT2D eigenvalue weighted by Crippen LogP contribution is 2.39. The van der Waals surface area contributed by atoms with E-state index >= 15 is 0 Å². The van der Waals surface area contributed by atoms with Gasteiger partial charge >= 0.3 is 0 Å². The van der Waals surface area contributed by atoms with Crippen LogP contribution in [0.25, 0.3) is 0 Å². The third kappa shape index (κ3) is 4.56. The molecule has 2 aromatic rings. The number of halogens is 1. The number of carbonyl (C=O) groups is 1. The number of carbonyl (C=O) groups excluding carboxylic acids is 1. The average molecular weight is 388 g/mol. The summed E-state index contributed by atoms with van der Waals surface area (Å²) in [5.74, 6) is 1.30. The molecule has 0 fully saturated rings. The van der Waals surface area contributed by atoms with Crippen molar-refractivity contribution >= 4 is 17.5 Å². The number of fused-ring (bicyclic) bond motifs is 1. The van der Waals surface area contributed by atoms with Crippen LogP contribution in [-0.2, 0) is 4.79 Å². The van der Waals surface area contributed by atoms with Gasteiger partial charge in [0, 0.05) is 17.0 Å². The summed E-state index contributed by atoms with van der Waals surface area (Å²) in [5, 5.41) is 3.81. The maximum atomic E-state index is 12.8. The number of ether oxygens (including phenoxy) is 2. The van der Waals surface area contributed by atoms with Gasteiger partial charge in [-0.3, -0.25) is 4.79 Å². The molecule has 0 bridgehead atoms. The van der Waals surface area contributed by atoms with Gasteiger partial charge in [0.15, 0.2) is 6.10 Å². The van der Waals surface area contributed by atoms with Gasteiger partial charge in [-0.2, -0.15) is 0 Å². The van der Waals surface area contributed by atoms with E-state index in [1.165, 1.54) is 0 Å². The molecule has 27 heavy (non-hydrogen) atoms. The molecule has 1 aliphatic heterocycles. The monoisotopic (exact) mass is 387 g/mol. The van der Waals surface area contributed by atoms with Crippen LogP contribution in [0.1, 0.15) is 49.9 Å². The highest BCUT2D eigenvalue weighted by atomic mass is 35.5. The van der Waals surface area contributed by atoms with Crippen molar-refractivity contribution < 1.29 is 14.3 Å². The number of nitrogens with one attached hydrogen (secondary N) is 1. The van der Waals surface area contributed by atoms with Crippen molar-refractivity contribution in [2.75, 3.05) is 0 Å². The Kier molecular flexibility index (Phi) is 5.38. The first-order valence-electron chi connectivity index (χ1n) is 9.17. The van der Waals surface area contributed by atoms with Crippen molar-refractivity contribution in [3.8, 4) is 11.5 Å². The first-order valence-corrected chi connectivity index (χ1v) is 9.55. The van der Waals surface area contributed by atoms with Crippen LogP contribution >= 0.6 is 11.6 Å². The summed E-state index contributed by atoms with van der Waals surface area (Å²) < 4.78 is 11.9. The van der Waals surface area contributed by atoms with Crippen molar-refractivity contribution in [2.24, 2.45) is 0 Å². The van der Waals surface area contributed by atoms with Gasteiger partial charge in [-0.15, -0.1) is 0 Å². The zero-order valence-electron chi connectivity index (χ0n) is 16.4. The third-order valence-electron chi connectivity index (χ3n) is 4.75. The van der Waals surface area contributed by atoms with Crippen molar-refractivity contribution in [3.63, 3.8) is 0 Å². The lowest BCUT2D eigenvalue weighted by atomic mass is 9.89. The van der Waals surface area contributed by atoms with E-state index < -0.39 is 6.10 Å². The predicted molar refractivity (Wildman–Crippen MR) is 108 cm³/mol. The standard InChI is InChI=1S/C22H26ClNO3/c1-13-6-9-20-17(10-13)19(12-22(4,5)27-20)24-21(25)15(3)26-16-7-8-18(23)14(2)11-16/h6-11,15,19H,12H2,1-5H3,(H,24,25)/t15-,19-/m0/s1. The number of aryl methyl sites for hydroxylation is 2. The Labute approximate surface area is 165 Å². The number of hydrogen-bond donors (Lipinski definition) is 1. The molecule has 1 amide bonds. The molecule has 3 rings (SSSR count). The molecule has 1 aliphatic rings. The summed E-state index contributed by atoms with van der Waals surface area (Å²) in [7, 11) is 0. The molecular formula is C22H26ClNO3. The van der Waals surface area contributed by atoms with Gasteiger partial charge < -0.3 is 14.8 Å². The van der Waals surface area contributed by atoms with E-state index in [1.54, 1.807) is 19.1 Å². The van der Waals surface area contributed by atoms with Gasteiger partial charge in [0.1, 0.15) is 17.1 Å². The number of hydrogen-bond acceptors (Lipinski definition) is 3. The van der Waals surface area contributed by atoms with Crippen LogP contribution in [-0.4, -0.2) is 17.6 Å². The van der Waals surface area contributed by atoms with Crippen molar-refractivity contribution in [1.29, 1.82) is 0 Å². The van der Waals surface area contributed by atoms with Gasteiger partial charge in [-0.1, -0.05) is 29.3 Å². The summed E-state index contributed by atoms with van der Waals surface area (Å²) in [6, 6.07) is 11.3. The first-order chi connectivity index (χ1) is 12.6. The van der Waals surface area contributed by atoms with Crippen molar-refractivity contribution in [3.05, 3.63) is 58.1 Å². The molecule has 4 nitrogen and oxygen atoms in total. The summed E-state index contributed by atoms with van der Waals surface area (Å²) >= 11 is 6.05. The SMILES string of the molecule is Cc1ccc2c(c1)[C@@H](NC(=O)[C@H](C)Oc1ccc(Cl)c(C)c1)CC(C)(C)O2. The lowest BCUT2D eigenvalue weighted by Gasteiger charge is -2.38. The quantitative estimate of drug-likeness (QED) is 0.789. The fraction of sp³-hybridized carbons (Fsp3) is 0.409. The molecule has 0 spiro atoms. The lowest BCUT2D eigenvalue weighted by molar-refractivity contribution is -0.128. The fourth-order valence-electron chi connectivity index (χ4n) is 3.34. The Morgan fingerprint density at radius 1 is 1.26 bits per heavy atom. The Morgan fingerprint density at radius 2 is 2.00 bits per heavy atom. The van der Waals surface area contributed by atoms with Crippen molar-refractivity contribution in [2.45, 2.75) is 58.8 Å². The zero-order chi connectivity index (χ0) is 19.8. The lowest BCUT2D eigenvalue weighted by Crippen LogP contribution is -2.44. The Balaban J connectivity index is 1.74. The van der Waals surface area contributed by atoms with Crippen LogP contribution in [0, 0.1) is 13.8 Å². The second-order valence-corrected chi connectivity index (χ2v) is 8.25. The molecule has 2 aromatic carbocycles. The maximum Gasteiger partial charge on any atom is 0.261 e. The molecule has 2 atom stereocenters. The van der Waals surface area contributed by atoms with Gasteiger partial charge in [0.2, 0.25) is 0 Å². The summed E-state index contributed by atoms with van der Waals surface area (Å²) in [4.78, 5) is 12.8. The highest BCUT2D eigenvalue weighted by Gasteiger charge is 2.35. The van der Waals surface area contributed by atoms with Crippen LogP contribution in [0.2, 0.25) is 5.02 Å². The summed E-state index contributed by atoms with van der Waals surface area (Å²) in [5.41, 5.74) is 2.71. The van der Waals surface area contributed by atoms with Gasteiger partial charge in [-0.25, -0.2) is 0 Å². The van der Waals surface area contributed by atoms with E-state index in [9.17, 15) is 4.79 Å².